The van der Waals surface area contributed by atoms with E-state index >= 15 is 0 Å². The van der Waals surface area contributed by atoms with Crippen molar-refractivity contribution in [3.63, 3.8) is 0 Å². The zero-order valence-corrected chi connectivity index (χ0v) is 18.4. The zero-order chi connectivity index (χ0) is 20.8. The van der Waals surface area contributed by atoms with Gasteiger partial charge in [-0.3, -0.25) is 4.79 Å². The van der Waals surface area contributed by atoms with Crippen molar-refractivity contribution in [2.75, 3.05) is 5.32 Å². The first-order chi connectivity index (χ1) is 15.3. The SMILES string of the molecule is O=C(NC1CCCCCC1)c1ccc2c(c1)[C@@H]1[C@H]3CC[C@@H](C3)[C@@H]1[C@@H](c1ccccc1)N2. The molecule has 1 amide bonds. The summed E-state index contributed by atoms with van der Waals surface area (Å²) in [4.78, 5) is 13.1. The second-order valence-electron chi connectivity index (χ2n) is 10.4. The van der Waals surface area contributed by atoms with Crippen LogP contribution in [0.2, 0.25) is 0 Å². The van der Waals surface area contributed by atoms with Gasteiger partial charge in [0.2, 0.25) is 0 Å². The number of nitrogens with one attached hydrogen (secondary N) is 2. The highest BCUT2D eigenvalue weighted by molar-refractivity contribution is 5.95. The van der Waals surface area contributed by atoms with Crippen LogP contribution in [0.1, 0.15) is 91.2 Å². The minimum Gasteiger partial charge on any atom is -0.378 e. The Morgan fingerprint density at radius 2 is 1.65 bits per heavy atom. The van der Waals surface area contributed by atoms with Gasteiger partial charge in [-0.05, 0) is 85.1 Å². The molecule has 3 fully saturated rings. The molecule has 162 valence electrons. The van der Waals surface area contributed by atoms with E-state index in [0.717, 1.165) is 30.2 Å². The molecule has 2 aromatic carbocycles. The Balaban J connectivity index is 1.30. The normalized spacial score (nSPS) is 31.9. The Bertz CT molecular complexity index is 947. The smallest absolute Gasteiger partial charge is 0.251 e. The third-order valence-corrected chi connectivity index (χ3v) is 8.70. The molecule has 3 aliphatic carbocycles. The van der Waals surface area contributed by atoms with Crippen molar-refractivity contribution in [2.45, 2.75) is 75.8 Å². The van der Waals surface area contributed by atoms with Crippen molar-refractivity contribution >= 4 is 11.6 Å². The van der Waals surface area contributed by atoms with E-state index in [4.69, 9.17) is 0 Å². The zero-order valence-electron chi connectivity index (χ0n) is 18.4. The number of carbonyl (C=O) groups excluding carboxylic acids is 1. The first-order valence-corrected chi connectivity index (χ1v) is 12.5. The summed E-state index contributed by atoms with van der Waals surface area (Å²) in [5, 5.41) is 7.24. The number of anilines is 1. The third kappa shape index (κ3) is 3.46. The van der Waals surface area contributed by atoms with E-state index in [2.05, 4.69) is 53.1 Å². The molecule has 0 spiro atoms. The molecule has 3 heteroatoms. The topological polar surface area (TPSA) is 41.1 Å². The summed E-state index contributed by atoms with van der Waals surface area (Å²) in [5.74, 6) is 2.95. The molecule has 6 rings (SSSR count). The summed E-state index contributed by atoms with van der Waals surface area (Å²) in [7, 11) is 0. The molecule has 4 aliphatic rings. The number of benzene rings is 2. The number of rotatable bonds is 3. The van der Waals surface area contributed by atoms with E-state index in [-0.39, 0.29) is 5.91 Å². The van der Waals surface area contributed by atoms with E-state index in [1.165, 1.54) is 61.8 Å². The molecule has 5 atom stereocenters. The largest absolute Gasteiger partial charge is 0.378 e. The maximum Gasteiger partial charge on any atom is 0.251 e. The number of hydrogen-bond donors (Lipinski definition) is 2. The summed E-state index contributed by atoms with van der Waals surface area (Å²) in [6.45, 7) is 0. The van der Waals surface area contributed by atoms with Gasteiger partial charge in [-0.1, -0.05) is 56.0 Å². The first-order valence-electron chi connectivity index (χ1n) is 12.5. The van der Waals surface area contributed by atoms with Gasteiger partial charge < -0.3 is 10.6 Å². The minimum atomic E-state index is 0.125. The first kappa shape index (κ1) is 19.4. The quantitative estimate of drug-likeness (QED) is 0.568. The van der Waals surface area contributed by atoms with Crippen LogP contribution in [0.15, 0.2) is 48.5 Å². The van der Waals surface area contributed by atoms with Crippen molar-refractivity contribution in [2.24, 2.45) is 17.8 Å². The van der Waals surface area contributed by atoms with E-state index in [1.807, 2.05) is 6.07 Å². The standard InChI is InChI=1S/C28H34N2O/c31-28(29-22-10-6-1-2-7-11-22)21-14-15-24-23(17-21)25-19-12-13-20(16-19)26(25)27(30-24)18-8-4-3-5-9-18/h3-5,8-9,14-15,17,19-20,22,25-27,30H,1-2,6-7,10-13,16H2,(H,29,31)/t19-,20-,25-,26-,27+/m0/s1. The lowest BCUT2D eigenvalue weighted by molar-refractivity contribution is 0.0933. The lowest BCUT2D eigenvalue weighted by atomic mass is 9.68. The van der Waals surface area contributed by atoms with Crippen LogP contribution in [0, 0.1) is 17.8 Å². The Labute approximate surface area is 186 Å². The molecule has 2 N–H and O–H groups in total. The highest BCUT2D eigenvalue weighted by Gasteiger charge is 2.53. The average molecular weight is 415 g/mol. The Morgan fingerprint density at radius 1 is 0.871 bits per heavy atom. The molecule has 2 aromatic rings. The predicted octanol–water partition coefficient (Wildman–Crippen LogP) is 6.44. The van der Waals surface area contributed by atoms with Crippen LogP contribution in [0.25, 0.3) is 0 Å². The third-order valence-electron chi connectivity index (χ3n) is 8.70. The molecule has 1 aliphatic heterocycles. The molecule has 3 saturated carbocycles. The van der Waals surface area contributed by atoms with Crippen LogP contribution in [-0.4, -0.2) is 11.9 Å². The highest BCUT2D eigenvalue weighted by atomic mass is 16.1. The van der Waals surface area contributed by atoms with Gasteiger partial charge in [0, 0.05) is 17.3 Å². The van der Waals surface area contributed by atoms with E-state index < -0.39 is 0 Å². The Kier molecular flexibility index (Phi) is 5.01. The van der Waals surface area contributed by atoms with E-state index in [9.17, 15) is 4.79 Å². The van der Waals surface area contributed by atoms with Crippen LogP contribution in [0.5, 0.6) is 0 Å². The monoisotopic (exact) mass is 414 g/mol. The van der Waals surface area contributed by atoms with Gasteiger partial charge in [0.05, 0.1) is 6.04 Å². The van der Waals surface area contributed by atoms with Crippen molar-refractivity contribution in [3.05, 3.63) is 65.2 Å². The Morgan fingerprint density at radius 3 is 2.45 bits per heavy atom. The molecule has 0 radical (unpaired) electrons. The second kappa shape index (κ2) is 8.00. The molecule has 3 nitrogen and oxygen atoms in total. The number of fused-ring (bicyclic) bond motifs is 7. The maximum atomic E-state index is 13.1. The van der Waals surface area contributed by atoms with Crippen LogP contribution in [-0.2, 0) is 0 Å². The fraction of sp³-hybridized carbons (Fsp3) is 0.536. The van der Waals surface area contributed by atoms with Gasteiger partial charge in [-0.25, -0.2) is 0 Å². The molecule has 1 heterocycles. The predicted molar refractivity (Wildman–Crippen MR) is 125 cm³/mol. The van der Waals surface area contributed by atoms with Crippen LogP contribution in [0.3, 0.4) is 0 Å². The molecule has 0 unspecified atom stereocenters. The maximum absolute atomic E-state index is 13.1. The molecule has 31 heavy (non-hydrogen) atoms. The molecule has 0 saturated heterocycles. The minimum absolute atomic E-state index is 0.125. The number of hydrogen-bond acceptors (Lipinski definition) is 2. The van der Waals surface area contributed by atoms with Crippen LogP contribution < -0.4 is 10.6 Å². The molecular formula is C28H34N2O. The summed E-state index contributed by atoms with van der Waals surface area (Å²) in [6, 6.07) is 18.2. The van der Waals surface area contributed by atoms with Crippen molar-refractivity contribution in [1.82, 2.24) is 5.32 Å². The lowest BCUT2D eigenvalue weighted by Crippen LogP contribution is -2.36. The van der Waals surface area contributed by atoms with Crippen molar-refractivity contribution < 1.29 is 4.79 Å². The summed E-state index contributed by atoms with van der Waals surface area (Å²) in [6.07, 6.45) is 11.4. The number of amides is 1. The highest BCUT2D eigenvalue weighted by Crippen LogP contribution is 2.63. The fourth-order valence-corrected chi connectivity index (χ4v) is 7.31. The van der Waals surface area contributed by atoms with Gasteiger partial charge in [0.1, 0.15) is 0 Å². The van der Waals surface area contributed by atoms with E-state index in [1.54, 1.807) is 0 Å². The molecular weight excluding hydrogens is 380 g/mol. The average Bonchev–Trinajstić information content (AvgIpc) is 3.34. The van der Waals surface area contributed by atoms with Gasteiger partial charge in [0.15, 0.2) is 0 Å². The fourth-order valence-electron chi connectivity index (χ4n) is 7.31. The summed E-state index contributed by atoms with van der Waals surface area (Å²) >= 11 is 0. The van der Waals surface area contributed by atoms with Gasteiger partial charge in [-0.2, -0.15) is 0 Å². The molecule has 2 bridgehead atoms. The molecule has 0 aromatic heterocycles. The van der Waals surface area contributed by atoms with E-state index in [0.29, 0.717) is 23.9 Å². The second-order valence-corrected chi connectivity index (χ2v) is 10.4. The van der Waals surface area contributed by atoms with Gasteiger partial charge in [0.25, 0.3) is 5.91 Å². The lowest BCUT2D eigenvalue weighted by Gasteiger charge is -2.43. The summed E-state index contributed by atoms with van der Waals surface area (Å²) in [5.41, 5.74) is 4.90. The van der Waals surface area contributed by atoms with Gasteiger partial charge >= 0.3 is 0 Å². The van der Waals surface area contributed by atoms with Crippen molar-refractivity contribution in [3.8, 4) is 0 Å². The van der Waals surface area contributed by atoms with Crippen LogP contribution >= 0.6 is 0 Å². The summed E-state index contributed by atoms with van der Waals surface area (Å²) < 4.78 is 0. The van der Waals surface area contributed by atoms with Gasteiger partial charge in [-0.15, -0.1) is 0 Å². The number of carbonyl (C=O) groups is 1. The van der Waals surface area contributed by atoms with Crippen LogP contribution in [0.4, 0.5) is 5.69 Å². The Hall–Kier alpha value is -2.29. The van der Waals surface area contributed by atoms with Crippen molar-refractivity contribution in [1.29, 1.82) is 0 Å².